The van der Waals surface area contributed by atoms with E-state index < -0.39 is 10.0 Å². The Labute approximate surface area is 185 Å². The van der Waals surface area contributed by atoms with Crippen LogP contribution in [0.5, 0.6) is 0 Å². The molecule has 0 unspecified atom stereocenters. The summed E-state index contributed by atoms with van der Waals surface area (Å²) in [7, 11) is -3.28. The Morgan fingerprint density at radius 2 is 1.65 bits per heavy atom. The van der Waals surface area contributed by atoms with Gasteiger partial charge in [-0.25, -0.2) is 8.42 Å². The molecule has 0 aliphatic carbocycles. The Morgan fingerprint density at radius 3 is 2.26 bits per heavy atom. The zero-order valence-corrected chi connectivity index (χ0v) is 19.4. The smallest absolute Gasteiger partial charge is 0.253 e. The fourth-order valence-electron chi connectivity index (χ4n) is 4.41. The summed E-state index contributed by atoms with van der Waals surface area (Å²) < 4.78 is 25.3. The molecule has 2 heterocycles. The number of anilines is 1. The number of hydrogen-bond donors (Lipinski definition) is 0. The summed E-state index contributed by atoms with van der Waals surface area (Å²) >= 11 is 0. The molecule has 7 heteroatoms. The van der Waals surface area contributed by atoms with E-state index in [0.29, 0.717) is 43.2 Å². The van der Waals surface area contributed by atoms with E-state index in [2.05, 4.69) is 43.0 Å². The molecule has 2 aromatic rings. The first-order valence-corrected chi connectivity index (χ1v) is 12.8. The van der Waals surface area contributed by atoms with Crippen LogP contribution in [0.2, 0.25) is 0 Å². The third kappa shape index (κ3) is 4.77. The van der Waals surface area contributed by atoms with Crippen LogP contribution in [0.25, 0.3) is 0 Å². The predicted octanol–water partition coefficient (Wildman–Crippen LogP) is 3.09. The van der Waals surface area contributed by atoms with Crippen molar-refractivity contribution in [3.8, 4) is 0 Å². The highest BCUT2D eigenvalue weighted by molar-refractivity contribution is 7.92. The highest BCUT2D eigenvalue weighted by Gasteiger charge is 2.28. The number of amides is 1. The lowest BCUT2D eigenvalue weighted by Crippen LogP contribution is -2.48. The fraction of sp³-hybridized carbons (Fsp3) is 0.458. The van der Waals surface area contributed by atoms with Gasteiger partial charge < -0.3 is 4.90 Å². The monoisotopic (exact) mass is 441 g/mol. The highest BCUT2D eigenvalue weighted by Crippen LogP contribution is 2.31. The summed E-state index contributed by atoms with van der Waals surface area (Å²) in [6.45, 7) is 8.87. The average Bonchev–Trinajstić information content (AvgIpc) is 3.18. The van der Waals surface area contributed by atoms with Crippen molar-refractivity contribution in [3.05, 3.63) is 64.7 Å². The number of piperazine rings is 1. The molecule has 31 heavy (non-hydrogen) atoms. The zero-order chi connectivity index (χ0) is 22.2. The van der Waals surface area contributed by atoms with Crippen molar-refractivity contribution in [1.29, 1.82) is 0 Å². The first-order chi connectivity index (χ1) is 14.7. The number of hydrogen-bond acceptors (Lipinski definition) is 4. The molecule has 2 aliphatic rings. The third-order valence-corrected chi connectivity index (χ3v) is 7.47. The van der Waals surface area contributed by atoms with Crippen molar-refractivity contribution in [3.63, 3.8) is 0 Å². The summed E-state index contributed by atoms with van der Waals surface area (Å²) in [6.07, 6.45) is 1.87. The standard InChI is InChI=1S/C24H31N3O3S/c1-18(2)20-6-4-19(5-7-20)17-25-12-14-26(15-13-25)24(28)22-8-9-23-21(16-22)10-11-27(23)31(3,29)30/h4-9,16,18H,10-15,17H2,1-3H3. The lowest BCUT2D eigenvalue weighted by Gasteiger charge is -2.35. The second-order valence-corrected chi connectivity index (χ2v) is 10.8. The summed E-state index contributed by atoms with van der Waals surface area (Å²) in [5, 5.41) is 0. The average molecular weight is 442 g/mol. The van der Waals surface area contributed by atoms with Crippen molar-refractivity contribution < 1.29 is 13.2 Å². The Balaban J connectivity index is 1.35. The molecule has 2 aromatic carbocycles. The van der Waals surface area contributed by atoms with Gasteiger partial charge in [0.05, 0.1) is 11.9 Å². The van der Waals surface area contributed by atoms with Gasteiger partial charge in [-0.15, -0.1) is 0 Å². The molecule has 166 valence electrons. The third-order valence-electron chi connectivity index (χ3n) is 6.29. The maximum atomic E-state index is 13.0. The molecule has 0 radical (unpaired) electrons. The summed E-state index contributed by atoms with van der Waals surface area (Å²) in [5.74, 6) is 0.568. The molecule has 4 rings (SSSR count). The molecular formula is C24H31N3O3S. The number of sulfonamides is 1. The molecule has 6 nitrogen and oxygen atoms in total. The number of carbonyl (C=O) groups excluding carboxylic acids is 1. The van der Waals surface area contributed by atoms with Gasteiger partial charge >= 0.3 is 0 Å². The number of nitrogens with zero attached hydrogens (tertiary/aromatic N) is 3. The largest absolute Gasteiger partial charge is 0.336 e. The second kappa shape index (κ2) is 8.63. The van der Waals surface area contributed by atoms with Crippen LogP contribution in [0.3, 0.4) is 0 Å². The van der Waals surface area contributed by atoms with Gasteiger partial charge in [0, 0.05) is 44.8 Å². The van der Waals surface area contributed by atoms with Gasteiger partial charge in [0.15, 0.2) is 0 Å². The normalized spacial score (nSPS) is 17.3. The quantitative estimate of drug-likeness (QED) is 0.715. The minimum atomic E-state index is -3.28. The van der Waals surface area contributed by atoms with Crippen LogP contribution in [0.15, 0.2) is 42.5 Å². The van der Waals surface area contributed by atoms with Gasteiger partial charge in [-0.1, -0.05) is 38.1 Å². The van der Waals surface area contributed by atoms with Gasteiger partial charge in [-0.2, -0.15) is 0 Å². The van der Waals surface area contributed by atoms with Gasteiger partial charge in [0.25, 0.3) is 5.91 Å². The number of fused-ring (bicyclic) bond motifs is 1. The molecule has 0 aromatic heterocycles. The number of benzene rings is 2. The van der Waals surface area contributed by atoms with E-state index in [1.54, 1.807) is 12.1 Å². The summed E-state index contributed by atoms with van der Waals surface area (Å²) in [5.41, 5.74) is 4.94. The van der Waals surface area contributed by atoms with Gasteiger partial charge in [-0.3, -0.25) is 14.0 Å². The minimum Gasteiger partial charge on any atom is -0.336 e. The van der Waals surface area contributed by atoms with E-state index in [4.69, 9.17) is 0 Å². The Bertz CT molecular complexity index is 1060. The SMILES string of the molecule is CC(C)c1ccc(CN2CCN(C(=O)c3ccc4c(c3)CCN4S(C)(=O)=O)CC2)cc1. The van der Waals surface area contributed by atoms with E-state index >= 15 is 0 Å². The van der Waals surface area contributed by atoms with E-state index in [1.165, 1.54) is 21.7 Å². The predicted molar refractivity (Wildman–Crippen MR) is 124 cm³/mol. The lowest BCUT2D eigenvalue weighted by molar-refractivity contribution is 0.0628. The lowest BCUT2D eigenvalue weighted by atomic mass is 10.0. The maximum absolute atomic E-state index is 13.0. The van der Waals surface area contributed by atoms with Crippen molar-refractivity contribution in [2.45, 2.75) is 32.7 Å². The minimum absolute atomic E-state index is 0.0292. The topological polar surface area (TPSA) is 60.9 Å². The van der Waals surface area contributed by atoms with Crippen molar-refractivity contribution in [1.82, 2.24) is 9.80 Å². The fourth-order valence-corrected chi connectivity index (χ4v) is 5.37. The second-order valence-electron chi connectivity index (χ2n) is 8.89. The van der Waals surface area contributed by atoms with E-state index in [0.717, 1.165) is 25.2 Å². The molecule has 0 bridgehead atoms. The highest BCUT2D eigenvalue weighted by atomic mass is 32.2. The van der Waals surface area contributed by atoms with E-state index in [-0.39, 0.29) is 5.91 Å². The molecular weight excluding hydrogens is 410 g/mol. The van der Waals surface area contributed by atoms with Crippen molar-refractivity contribution in [2.75, 3.05) is 43.3 Å². The van der Waals surface area contributed by atoms with Crippen LogP contribution in [0.1, 0.15) is 46.8 Å². The van der Waals surface area contributed by atoms with Crippen LogP contribution in [-0.2, 0) is 23.0 Å². The van der Waals surface area contributed by atoms with Crippen molar-refractivity contribution >= 4 is 21.6 Å². The Morgan fingerprint density at radius 1 is 0.968 bits per heavy atom. The van der Waals surface area contributed by atoms with Crippen molar-refractivity contribution in [2.24, 2.45) is 0 Å². The van der Waals surface area contributed by atoms with Crippen LogP contribution in [-0.4, -0.2) is 63.1 Å². The van der Waals surface area contributed by atoms with Gasteiger partial charge in [0.2, 0.25) is 10.0 Å². The van der Waals surface area contributed by atoms with Gasteiger partial charge in [-0.05, 0) is 47.2 Å². The van der Waals surface area contributed by atoms with E-state index in [9.17, 15) is 13.2 Å². The first kappa shape index (κ1) is 21.8. The Hall–Kier alpha value is -2.38. The molecule has 0 N–H and O–H groups in total. The molecule has 1 saturated heterocycles. The number of carbonyl (C=O) groups is 1. The summed E-state index contributed by atoms with van der Waals surface area (Å²) in [6, 6.07) is 14.2. The molecule has 0 spiro atoms. The molecule has 0 atom stereocenters. The zero-order valence-electron chi connectivity index (χ0n) is 18.5. The number of rotatable bonds is 5. The molecule has 1 amide bonds. The summed E-state index contributed by atoms with van der Waals surface area (Å²) in [4.78, 5) is 17.3. The van der Waals surface area contributed by atoms with Crippen LogP contribution >= 0.6 is 0 Å². The van der Waals surface area contributed by atoms with Crippen LogP contribution in [0.4, 0.5) is 5.69 Å². The maximum Gasteiger partial charge on any atom is 0.253 e. The van der Waals surface area contributed by atoms with Crippen LogP contribution in [0, 0.1) is 0 Å². The first-order valence-electron chi connectivity index (χ1n) is 10.9. The molecule has 2 aliphatic heterocycles. The molecule has 0 saturated carbocycles. The van der Waals surface area contributed by atoms with Crippen LogP contribution < -0.4 is 4.31 Å². The Kier molecular flexibility index (Phi) is 6.08. The van der Waals surface area contributed by atoms with E-state index in [1.807, 2.05) is 11.0 Å². The van der Waals surface area contributed by atoms with Gasteiger partial charge in [0.1, 0.15) is 0 Å². The molecule has 1 fully saturated rings.